The van der Waals surface area contributed by atoms with Gasteiger partial charge in [-0.3, -0.25) is 0 Å². The van der Waals surface area contributed by atoms with Crippen LogP contribution in [0.2, 0.25) is 0 Å². The van der Waals surface area contributed by atoms with Crippen molar-refractivity contribution in [3.8, 4) is 0 Å². The van der Waals surface area contributed by atoms with Crippen molar-refractivity contribution in [1.29, 1.82) is 0 Å². The van der Waals surface area contributed by atoms with Gasteiger partial charge in [0.2, 0.25) is 0 Å². The molecular weight excluding hydrogens is 270 g/mol. The number of rotatable bonds is 8. The lowest BCUT2D eigenvalue weighted by Gasteiger charge is -2.26. The van der Waals surface area contributed by atoms with E-state index in [4.69, 9.17) is 9.72 Å². The average Bonchev–Trinajstić information content (AvgIpc) is 3.11. The monoisotopic (exact) mass is 297 g/mol. The van der Waals surface area contributed by atoms with Crippen LogP contribution >= 0.6 is 11.3 Å². The summed E-state index contributed by atoms with van der Waals surface area (Å²) in [6.07, 6.45) is 3.86. The van der Waals surface area contributed by atoms with E-state index in [9.17, 15) is 0 Å². The molecule has 0 unspecified atom stereocenters. The van der Waals surface area contributed by atoms with Crippen molar-refractivity contribution in [1.82, 2.24) is 10.3 Å². The predicted octanol–water partition coefficient (Wildman–Crippen LogP) is 2.90. The van der Waals surface area contributed by atoms with Gasteiger partial charge >= 0.3 is 0 Å². The summed E-state index contributed by atoms with van der Waals surface area (Å²) in [7, 11) is 1.73. The largest absolute Gasteiger partial charge is 0.383 e. The van der Waals surface area contributed by atoms with Crippen molar-refractivity contribution in [2.45, 2.75) is 39.7 Å². The highest BCUT2D eigenvalue weighted by Crippen LogP contribution is 2.39. The maximum absolute atomic E-state index is 5.03. The first-order valence-electron chi connectivity index (χ1n) is 7.62. The van der Waals surface area contributed by atoms with Gasteiger partial charge in [-0.05, 0) is 24.7 Å². The molecule has 1 saturated heterocycles. The van der Waals surface area contributed by atoms with E-state index in [1.807, 2.05) is 0 Å². The van der Waals surface area contributed by atoms with Gasteiger partial charge in [-0.25, -0.2) is 4.98 Å². The van der Waals surface area contributed by atoms with Crippen molar-refractivity contribution in [3.63, 3.8) is 0 Å². The third-order valence-electron chi connectivity index (χ3n) is 4.54. The third-order valence-corrected chi connectivity index (χ3v) is 5.49. The van der Waals surface area contributed by atoms with Crippen molar-refractivity contribution in [2.24, 2.45) is 5.41 Å². The molecule has 0 spiro atoms. The molecule has 0 radical (unpaired) electrons. The summed E-state index contributed by atoms with van der Waals surface area (Å²) in [4.78, 5) is 7.23. The predicted molar refractivity (Wildman–Crippen MR) is 85.5 cm³/mol. The van der Waals surface area contributed by atoms with E-state index >= 15 is 0 Å². The molecule has 20 heavy (non-hydrogen) atoms. The van der Waals surface area contributed by atoms with Crippen LogP contribution in [0.25, 0.3) is 0 Å². The van der Waals surface area contributed by atoms with Gasteiger partial charge in [-0.2, -0.15) is 0 Å². The van der Waals surface area contributed by atoms with Crippen LogP contribution in [0, 0.1) is 5.41 Å². The van der Waals surface area contributed by atoms with Gasteiger partial charge in [0.15, 0.2) is 5.13 Å². The zero-order valence-corrected chi connectivity index (χ0v) is 13.8. The Bertz CT molecular complexity index is 404. The number of methoxy groups -OCH3 is 1. The molecule has 0 saturated carbocycles. The Labute approximate surface area is 126 Å². The zero-order chi connectivity index (χ0) is 14.4. The molecule has 0 aliphatic carbocycles. The summed E-state index contributed by atoms with van der Waals surface area (Å²) in [6.45, 7) is 9.43. The molecule has 1 aromatic heterocycles. The number of ether oxygens (including phenoxy) is 1. The van der Waals surface area contributed by atoms with Crippen LogP contribution in [0.1, 0.15) is 38.8 Å². The van der Waals surface area contributed by atoms with E-state index in [1.54, 1.807) is 18.4 Å². The molecule has 1 aliphatic heterocycles. The standard InChI is InChI=1S/C15H27N3OS/c1-4-15(5-2)6-8-18(12-15)14-17-13(11-20-14)10-16-7-9-19-3/h11,16H,4-10,12H2,1-3H3. The van der Waals surface area contributed by atoms with E-state index in [0.29, 0.717) is 5.41 Å². The molecule has 0 bridgehead atoms. The van der Waals surface area contributed by atoms with Gasteiger partial charge in [0, 0.05) is 38.7 Å². The summed E-state index contributed by atoms with van der Waals surface area (Å²) in [5.41, 5.74) is 1.66. The summed E-state index contributed by atoms with van der Waals surface area (Å²) < 4.78 is 5.03. The van der Waals surface area contributed by atoms with E-state index in [0.717, 1.165) is 31.9 Å². The number of aromatic nitrogens is 1. The van der Waals surface area contributed by atoms with Gasteiger partial charge in [0.05, 0.1) is 12.3 Å². The zero-order valence-electron chi connectivity index (χ0n) is 12.9. The molecule has 4 nitrogen and oxygen atoms in total. The van der Waals surface area contributed by atoms with Crippen molar-refractivity contribution >= 4 is 16.5 Å². The van der Waals surface area contributed by atoms with Gasteiger partial charge < -0.3 is 15.0 Å². The minimum atomic E-state index is 0.516. The van der Waals surface area contributed by atoms with Gasteiger partial charge in [0.1, 0.15) is 0 Å². The molecule has 0 aromatic carbocycles. The second kappa shape index (κ2) is 7.38. The molecule has 1 aromatic rings. The number of hydrogen-bond donors (Lipinski definition) is 1. The Balaban J connectivity index is 1.86. The molecule has 114 valence electrons. The maximum Gasteiger partial charge on any atom is 0.185 e. The van der Waals surface area contributed by atoms with Crippen molar-refractivity contribution in [3.05, 3.63) is 11.1 Å². The Morgan fingerprint density at radius 2 is 2.25 bits per heavy atom. The van der Waals surface area contributed by atoms with E-state index in [-0.39, 0.29) is 0 Å². The van der Waals surface area contributed by atoms with Crippen molar-refractivity contribution in [2.75, 3.05) is 38.3 Å². The molecule has 5 heteroatoms. The quantitative estimate of drug-likeness (QED) is 0.749. The molecular formula is C15H27N3OS. The highest BCUT2D eigenvalue weighted by atomic mass is 32.1. The molecule has 1 N–H and O–H groups in total. The smallest absolute Gasteiger partial charge is 0.185 e. The van der Waals surface area contributed by atoms with Gasteiger partial charge in [-0.15, -0.1) is 11.3 Å². The lowest BCUT2D eigenvalue weighted by Crippen LogP contribution is -2.26. The van der Waals surface area contributed by atoms with Crippen LogP contribution in [0.5, 0.6) is 0 Å². The van der Waals surface area contributed by atoms with E-state index < -0.39 is 0 Å². The Morgan fingerprint density at radius 1 is 1.45 bits per heavy atom. The molecule has 2 rings (SSSR count). The Hall–Kier alpha value is -0.650. The lowest BCUT2D eigenvalue weighted by atomic mass is 9.82. The fraction of sp³-hybridized carbons (Fsp3) is 0.800. The summed E-state index contributed by atoms with van der Waals surface area (Å²) in [5.74, 6) is 0. The number of thiazole rings is 1. The number of nitrogens with zero attached hydrogens (tertiary/aromatic N) is 2. The first kappa shape index (κ1) is 15.7. The van der Waals surface area contributed by atoms with Crippen LogP contribution < -0.4 is 10.2 Å². The maximum atomic E-state index is 5.03. The van der Waals surface area contributed by atoms with Gasteiger partial charge in [-0.1, -0.05) is 13.8 Å². The lowest BCUT2D eigenvalue weighted by molar-refractivity contribution is 0.199. The molecule has 0 atom stereocenters. The Kier molecular flexibility index (Phi) is 5.81. The molecule has 0 amide bonds. The Morgan fingerprint density at radius 3 is 2.90 bits per heavy atom. The molecule has 2 heterocycles. The second-order valence-electron chi connectivity index (χ2n) is 5.67. The fourth-order valence-corrected chi connectivity index (χ4v) is 3.69. The van der Waals surface area contributed by atoms with Crippen LogP contribution in [0.3, 0.4) is 0 Å². The van der Waals surface area contributed by atoms with E-state index in [2.05, 4.69) is 29.4 Å². The minimum Gasteiger partial charge on any atom is -0.383 e. The number of hydrogen-bond acceptors (Lipinski definition) is 5. The van der Waals surface area contributed by atoms with Crippen LogP contribution in [0.4, 0.5) is 5.13 Å². The number of anilines is 1. The first-order valence-corrected chi connectivity index (χ1v) is 8.50. The summed E-state index contributed by atoms with van der Waals surface area (Å²) in [6, 6.07) is 0. The van der Waals surface area contributed by atoms with Crippen LogP contribution in [-0.4, -0.2) is 38.3 Å². The number of nitrogens with one attached hydrogen (secondary N) is 1. The van der Waals surface area contributed by atoms with Crippen LogP contribution in [-0.2, 0) is 11.3 Å². The summed E-state index contributed by atoms with van der Waals surface area (Å²) in [5, 5.41) is 6.71. The third kappa shape index (κ3) is 3.71. The van der Waals surface area contributed by atoms with Crippen LogP contribution in [0.15, 0.2) is 5.38 Å². The van der Waals surface area contributed by atoms with E-state index in [1.165, 1.54) is 30.9 Å². The van der Waals surface area contributed by atoms with Gasteiger partial charge in [0.25, 0.3) is 0 Å². The fourth-order valence-electron chi connectivity index (χ4n) is 2.84. The highest BCUT2D eigenvalue weighted by molar-refractivity contribution is 7.13. The highest BCUT2D eigenvalue weighted by Gasteiger charge is 2.35. The summed E-state index contributed by atoms with van der Waals surface area (Å²) >= 11 is 1.78. The SMILES string of the molecule is CCC1(CC)CCN(c2nc(CNCCOC)cs2)C1. The molecule has 1 aliphatic rings. The normalized spacial score (nSPS) is 17.9. The average molecular weight is 297 g/mol. The van der Waals surface area contributed by atoms with Crippen molar-refractivity contribution < 1.29 is 4.74 Å². The molecule has 1 fully saturated rings. The minimum absolute atomic E-state index is 0.516. The first-order chi connectivity index (χ1) is 9.73. The topological polar surface area (TPSA) is 37.4 Å². The second-order valence-corrected chi connectivity index (χ2v) is 6.51.